The lowest BCUT2D eigenvalue weighted by atomic mass is 9.98. The van der Waals surface area contributed by atoms with Crippen LogP contribution in [-0.4, -0.2) is 41.1 Å². The van der Waals surface area contributed by atoms with Crippen molar-refractivity contribution >= 4 is 30.5 Å². The van der Waals surface area contributed by atoms with Gasteiger partial charge in [0, 0.05) is 38.3 Å². The van der Waals surface area contributed by atoms with E-state index in [-0.39, 0.29) is 42.3 Å². The van der Waals surface area contributed by atoms with Gasteiger partial charge in [-0.25, -0.2) is 0 Å². The predicted octanol–water partition coefficient (Wildman–Crippen LogP) is 2.89. The zero-order valence-electron chi connectivity index (χ0n) is 12.8. The second-order valence-corrected chi connectivity index (χ2v) is 5.99. The summed E-state index contributed by atoms with van der Waals surface area (Å²) in [5.74, 6) is 0.493. The second-order valence-electron chi connectivity index (χ2n) is 5.99. The number of hydrogen-bond donors (Lipinski definition) is 2. The summed E-state index contributed by atoms with van der Waals surface area (Å²) in [4.78, 5) is 12.9. The highest BCUT2D eigenvalue weighted by Crippen LogP contribution is 2.41. The number of benzene rings is 1. The molecule has 0 bridgehead atoms. The molecule has 0 amide bonds. The summed E-state index contributed by atoms with van der Waals surface area (Å²) in [5, 5.41) is 24.0. The van der Waals surface area contributed by atoms with Crippen molar-refractivity contribution in [2.75, 3.05) is 26.2 Å². The van der Waals surface area contributed by atoms with Gasteiger partial charge in [0.2, 0.25) is 0 Å². The Bertz CT molecular complexity index is 535. The van der Waals surface area contributed by atoms with Crippen LogP contribution in [0.15, 0.2) is 18.2 Å². The van der Waals surface area contributed by atoms with Crippen LogP contribution < -0.4 is 5.32 Å². The molecule has 6 nitrogen and oxygen atoms in total. The van der Waals surface area contributed by atoms with Crippen LogP contribution in [0.3, 0.4) is 0 Å². The van der Waals surface area contributed by atoms with Gasteiger partial charge in [-0.05, 0) is 24.0 Å². The summed E-state index contributed by atoms with van der Waals surface area (Å²) >= 11 is 0. The molecule has 8 heteroatoms. The van der Waals surface area contributed by atoms with Crippen molar-refractivity contribution in [3.8, 4) is 5.75 Å². The Labute approximate surface area is 148 Å². The number of phenols is 1. The Kier molecular flexibility index (Phi) is 7.54. The number of piperazine rings is 1. The average Bonchev–Trinajstić information content (AvgIpc) is 3.30. The van der Waals surface area contributed by atoms with Crippen molar-refractivity contribution in [2.45, 2.75) is 25.3 Å². The molecule has 1 aliphatic carbocycles. The quantitative estimate of drug-likeness (QED) is 0.621. The number of phenolic OH excluding ortho intramolecular Hbond substituents is 1. The Balaban J connectivity index is 0.00000132. The van der Waals surface area contributed by atoms with E-state index in [1.807, 2.05) is 6.07 Å². The lowest BCUT2D eigenvalue weighted by molar-refractivity contribution is -0.386. The minimum absolute atomic E-state index is 0. The zero-order chi connectivity index (χ0) is 14.8. The summed E-state index contributed by atoms with van der Waals surface area (Å²) < 4.78 is 0. The number of nitrogens with one attached hydrogen (secondary N) is 1. The Morgan fingerprint density at radius 3 is 2.52 bits per heavy atom. The van der Waals surface area contributed by atoms with E-state index in [0.29, 0.717) is 0 Å². The number of aromatic hydroxyl groups is 1. The van der Waals surface area contributed by atoms with Crippen molar-refractivity contribution in [2.24, 2.45) is 5.92 Å². The van der Waals surface area contributed by atoms with E-state index in [1.54, 1.807) is 6.07 Å². The van der Waals surface area contributed by atoms with Gasteiger partial charge in [0.05, 0.1) is 4.92 Å². The fourth-order valence-corrected chi connectivity index (χ4v) is 3.05. The van der Waals surface area contributed by atoms with Gasteiger partial charge in [0.1, 0.15) is 0 Å². The highest BCUT2D eigenvalue weighted by atomic mass is 35.5. The lowest BCUT2D eigenvalue weighted by Gasteiger charge is -2.35. The third-order valence-corrected chi connectivity index (χ3v) is 4.43. The largest absolute Gasteiger partial charge is 0.502 e. The molecule has 23 heavy (non-hydrogen) atoms. The molecule has 1 aromatic carbocycles. The number of halogens is 2. The van der Waals surface area contributed by atoms with Crippen molar-refractivity contribution in [1.82, 2.24) is 10.2 Å². The zero-order valence-corrected chi connectivity index (χ0v) is 14.4. The molecule has 130 valence electrons. The van der Waals surface area contributed by atoms with Gasteiger partial charge < -0.3 is 10.4 Å². The minimum atomic E-state index is -0.509. The number of nitrogens with zero attached hydrogens (tertiary/aromatic N) is 2. The first-order valence-corrected chi connectivity index (χ1v) is 7.57. The molecule has 0 spiro atoms. The number of nitro benzene ring substituents is 1. The van der Waals surface area contributed by atoms with Gasteiger partial charge in [-0.3, -0.25) is 15.0 Å². The third-order valence-electron chi connectivity index (χ3n) is 4.43. The maximum Gasteiger partial charge on any atom is 0.311 e. The summed E-state index contributed by atoms with van der Waals surface area (Å²) in [6.45, 7) is 3.85. The highest BCUT2D eigenvalue weighted by Gasteiger charge is 2.31. The molecule has 2 aliphatic rings. The van der Waals surface area contributed by atoms with Crippen molar-refractivity contribution in [3.63, 3.8) is 0 Å². The minimum Gasteiger partial charge on any atom is -0.502 e. The van der Waals surface area contributed by atoms with E-state index in [0.717, 1.165) is 44.1 Å². The van der Waals surface area contributed by atoms with Gasteiger partial charge in [0.15, 0.2) is 5.75 Å². The van der Waals surface area contributed by atoms with Gasteiger partial charge in [0.25, 0.3) is 0 Å². The van der Waals surface area contributed by atoms with E-state index >= 15 is 0 Å². The van der Waals surface area contributed by atoms with Crippen LogP contribution in [0.2, 0.25) is 0 Å². The molecule has 1 saturated heterocycles. The van der Waals surface area contributed by atoms with Crippen LogP contribution in [0, 0.1) is 16.0 Å². The van der Waals surface area contributed by atoms with Crippen molar-refractivity contribution in [3.05, 3.63) is 33.9 Å². The Morgan fingerprint density at radius 2 is 1.96 bits per heavy atom. The van der Waals surface area contributed by atoms with Gasteiger partial charge in [-0.2, -0.15) is 0 Å². The van der Waals surface area contributed by atoms with Crippen LogP contribution in [0.25, 0.3) is 0 Å². The SMILES string of the molecule is Cl.Cl.O=[N+]([O-])c1cc([C@H](CC2CC2)N2CCNCC2)ccc1O. The molecule has 1 aliphatic heterocycles. The van der Waals surface area contributed by atoms with Crippen LogP contribution in [0.5, 0.6) is 5.75 Å². The predicted molar refractivity (Wildman–Crippen MR) is 93.8 cm³/mol. The monoisotopic (exact) mass is 363 g/mol. The van der Waals surface area contributed by atoms with Crippen LogP contribution in [0.4, 0.5) is 5.69 Å². The summed E-state index contributed by atoms with van der Waals surface area (Å²) in [5.41, 5.74) is 0.761. The van der Waals surface area contributed by atoms with E-state index in [4.69, 9.17) is 0 Å². The van der Waals surface area contributed by atoms with Gasteiger partial charge in [-0.1, -0.05) is 18.9 Å². The molecule has 1 heterocycles. The molecule has 1 saturated carbocycles. The molecule has 0 aromatic heterocycles. The molecular formula is C15H23Cl2N3O3. The lowest BCUT2D eigenvalue weighted by Crippen LogP contribution is -2.45. The first kappa shape index (κ1) is 20.0. The fraction of sp³-hybridized carbons (Fsp3) is 0.600. The first-order chi connectivity index (χ1) is 10.1. The highest BCUT2D eigenvalue weighted by molar-refractivity contribution is 5.85. The molecule has 1 aromatic rings. The number of nitro groups is 1. The van der Waals surface area contributed by atoms with Crippen LogP contribution in [0.1, 0.15) is 30.9 Å². The standard InChI is InChI=1S/C15H21N3O3.2ClH/c19-15-4-3-12(10-14(15)18(20)21)13(9-11-1-2-11)17-7-5-16-6-8-17;;/h3-4,10-11,13,16,19H,1-2,5-9H2;2*1H/t13-;;/m0../s1. The molecular weight excluding hydrogens is 341 g/mol. The molecule has 2 N–H and O–H groups in total. The first-order valence-electron chi connectivity index (χ1n) is 7.57. The summed E-state index contributed by atoms with van der Waals surface area (Å²) in [6, 6.07) is 5.05. The maximum absolute atomic E-state index is 11.0. The smallest absolute Gasteiger partial charge is 0.311 e. The molecule has 0 unspecified atom stereocenters. The Hall–Kier alpha value is -1.08. The normalized spacial score (nSPS) is 19.3. The van der Waals surface area contributed by atoms with E-state index < -0.39 is 4.92 Å². The van der Waals surface area contributed by atoms with E-state index in [9.17, 15) is 15.2 Å². The molecule has 3 rings (SSSR count). The third kappa shape index (κ3) is 4.94. The van der Waals surface area contributed by atoms with Crippen molar-refractivity contribution in [1.29, 1.82) is 0 Å². The summed E-state index contributed by atoms with van der Waals surface area (Å²) in [6.07, 6.45) is 3.59. The molecule has 0 radical (unpaired) electrons. The number of rotatable bonds is 5. The molecule has 2 fully saturated rings. The Morgan fingerprint density at radius 1 is 1.30 bits per heavy atom. The van der Waals surface area contributed by atoms with Crippen LogP contribution in [-0.2, 0) is 0 Å². The fourth-order valence-electron chi connectivity index (χ4n) is 3.05. The maximum atomic E-state index is 11.0. The van der Waals surface area contributed by atoms with Crippen molar-refractivity contribution < 1.29 is 10.0 Å². The topological polar surface area (TPSA) is 78.6 Å². The second kappa shape index (κ2) is 8.68. The average molecular weight is 364 g/mol. The van der Waals surface area contributed by atoms with E-state index in [2.05, 4.69) is 10.2 Å². The number of hydrogen-bond acceptors (Lipinski definition) is 5. The van der Waals surface area contributed by atoms with E-state index in [1.165, 1.54) is 18.9 Å². The van der Waals surface area contributed by atoms with Gasteiger partial charge >= 0.3 is 5.69 Å². The van der Waals surface area contributed by atoms with Crippen LogP contribution >= 0.6 is 24.8 Å². The summed E-state index contributed by atoms with van der Waals surface area (Å²) in [7, 11) is 0. The molecule has 1 atom stereocenters. The van der Waals surface area contributed by atoms with Gasteiger partial charge in [-0.15, -0.1) is 24.8 Å².